The van der Waals surface area contributed by atoms with E-state index in [1.807, 2.05) is 12.1 Å². The van der Waals surface area contributed by atoms with Crippen molar-refractivity contribution in [2.45, 2.75) is 32.4 Å². The van der Waals surface area contributed by atoms with Crippen LogP contribution in [0.2, 0.25) is 0 Å². The molecule has 2 aliphatic heterocycles. The van der Waals surface area contributed by atoms with Crippen LogP contribution in [0.15, 0.2) is 28.9 Å². The number of aliphatic hydroxyl groups is 1. The molecule has 2 saturated heterocycles. The van der Waals surface area contributed by atoms with E-state index in [0.29, 0.717) is 24.9 Å². The van der Waals surface area contributed by atoms with Crippen LogP contribution in [0.25, 0.3) is 11.5 Å². The number of ether oxygens (including phenoxy) is 1. The van der Waals surface area contributed by atoms with Crippen molar-refractivity contribution in [2.24, 2.45) is 5.41 Å². The summed E-state index contributed by atoms with van der Waals surface area (Å²) in [7, 11) is 0. The van der Waals surface area contributed by atoms with Crippen molar-refractivity contribution in [3.63, 3.8) is 0 Å². The van der Waals surface area contributed by atoms with Gasteiger partial charge in [0.05, 0.1) is 30.9 Å². The Labute approximate surface area is 165 Å². The van der Waals surface area contributed by atoms with E-state index >= 15 is 0 Å². The maximum absolute atomic E-state index is 11.4. The molecule has 2 aromatic rings. The summed E-state index contributed by atoms with van der Waals surface area (Å²) < 4.78 is 11.3. The van der Waals surface area contributed by atoms with Crippen LogP contribution >= 0.6 is 0 Å². The number of pyridine rings is 1. The molecule has 2 aromatic heterocycles. The molecule has 4 rings (SSSR count). The molecule has 0 spiro atoms. The van der Waals surface area contributed by atoms with Gasteiger partial charge in [0.15, 0.2) is 0 Å². The highest BCUT2D eigenvalue weighted by molar-refractivity contribution is 5.49. The van der Waals surface area contributed by atoms with Crippen molar-refractivity contribution >= 4 is 0 Å². The van der Waals surface area contributed by atoms with Crippen molar-refractivity contribution in [3.05, 3.63) is 30.4 Å². The largest absolute Gasteiger partial charge is 0.419 e. The normalized spacial score (nSPS) is 26.4. The van der Waals surface area contributed by atoms with E-state index in [9.17, 15) is 5.11 Å². The minimum absolute atomic E-state index is 0.240. The van der Waals surface area contributed by atoms with E-state index in [1.165, 1.54) is 0 Å². The van der Waals surface area contributed by atoms with Gasteiger partial charge in [-0.15, -0.1) is 10.2 Å². The van der Waals surface area contributed by atoms with E-state index in [-0.39, 0.29) is 5.41 Å². The number of hydrogen-bond acceptors (Lipinski definition) is 8. The molecule has 0 aromatic carbocycles. The first-order valence-corrected chi connectivity index (χ1v) is 9.93. The zero-order valence-electron chi connectivity index (χ0n) is 16.7. The Morgan fingerprint density at radius 2 is 1.96 bits per heavy atom. The third-order valence-electron chi connectivity index (χ3n) is 6.04. The van der Waals surface area contributed by atoms with Gasteiger partial charge in [-0.2, -0.15) is 0 Å². The molecule has 8 nitrogen and oxygen atoms in total. The van der Waals surface area contributed by atoms with Crippen LogP contribution in [-0.2, 0) is 11.3 Å². The van der Waals surface area contributed by atoms with Crippen molar-refractivity contribution in [1.82, 2.24) is 25.0 Å². The molecule has 28 heavy (non-hydrogen) atoms. The summed E-state index contributed by atoms with van der Waals surface area (Å²) >= 11 is 0. The molecule has 8 heteroatoms. The van der Waals surface area contributed by atoms with Crippen LogP contribution in [0.1, 0.15) is 26.2 Å². The average Bonchev–Trinajstić information content (AvgIpc) is 3.15. The van der Waals surface area contributed by atoms with E-state index in [1.54, 1.807) is 12.4 Å². The first-order chi connectivity index (χ1) is 13.5. The van der Waals surface area contributed by atoms with Crippen LogP contribution in [0, 0.1) is 5.41 Å². The molecule has 0 amide bonds. The maximum atomic E-state index is 11.4. The second-order valence-corrected chi connectivity index (χ2v) is 8.51. The maximum Gasteiger partial charge on any atom is 0.249 e. The molecular weight excluding hydrogens is 358 g/mol. The predicted octanol–water partition coefficient (Wildman–Crippen LogP) is 1.43. The summed E-state index contributed by atoms with van der Waals surface area (Å²) in [5.41, 5.74) is -0.133. The fraction of sp³-hybridized carbons (Fsp3) is 0.650. The quantitative estimate of drug-likeness (QED) is 0.824. The van der Waals surface area contributed by atoms with Gasteiger partial charge in [-0.25, -0.2) is 0 Å². The molecule has 152 valence electrons. The number of nitrogens with zero attached hydrogens (tertiary/aromatic N) is 5. The molecule has 0 saturated carbocycles. The van der Waals surface area contributed by atoms with E-state index in [4.69, 9.17) is 9.15 Å². The standard InChI is InChI=1S/C20H29N5O3/c1-19(2)14-25(7-5-20(19,26)15-24-8-10-27-11-9-24)13-17-22-23-18(28-17)16-4-3-6-21-12-16/h3-4,6,12,26H,5,7-11,13-15H2,1-2H3/t20-/m0/s1. The van der Waals surface area contributed by atoms with E-state index in [2.05, 4.69) is 38.8 Å². The molecule has 0 bridgehead atoms. The Balaban J connectivity index is 1.38. The molecule has 0 radical (unpaired) electrons. The van der Waals surface area contributed by atoms with Crippen LogP contribution in [-0.4, -0.2) is 81.6 Å². The lowest BCUT2D eigenvalue weighted by atomic mass is 9.69. The molecule has 0 unspecified atom stereocenters. The second kappa shape index (κ2) is 7.87. The Bertz CT molecular complexity index is 775. The van der Waals surface area contributed by atoms with Crippen molar-refractivity contribution < 1.29 is 14.3 Å². The van der Waals surface area contributed by atoms with Gasteiger partial charge >= 0.3 is 0 Å². The highest BCUT2D eigenvalue weighted by Crippen LogP contribution is 2.39. The Kier molecular flexibility index (Phi) is 5.46. The lowest BCUT2D eigenvalue weighted by molar-refractivity contribution is -0.141. The van der Waals surface area contributed by atoms with Crippen LogP contribution in [0.3, 0.4) is 0 Å². The highest BCUT2D eigenvalue weighted by Gasteiger charge is 2.48. The first-order valence-electron chi connectivity index (χ1n) is 9.93. The molecule has 2 aliphatic rings. The highest BCUT2D eigenvalue weighted by atomic mass is 16.5. The summed E-state index contributed by atoms with van der Waals surface area (Å²) in [5.74, 6) is 1.08. The molecule has 1 atom stereocenters. The van der Waals surface area contributed by atoms with E-state index < -0.39 is 5.60 Å². The molecule has 0 aliphatic carbocycles. The minimum atomic E-state index is -0.712. The number of morpholine rings is 1. The van der Waals surface area contributed by atoms with Crippen molar-refractivity contribution in [2.75, 3.05) is 45.9 Å². The SMILES string of the molecule is CC1(C)CN(Cc2nnc(-c3cccnc3)o2)CC[C@]1(O)CN1CCOCC1. The Hall–Kier alpha value is -1.87. The fourth-order valence-corrected chi connectivity index (χ4v) is 4.14. The second-order valence-electron chi connectivity index (χ2n) is 8.51. The van der Waals surface area contributed by atoms with Gasteiger partial charge in [0.25, 0.3) is 0 Å². The van der Waals surface area contributed by atoms with Gasteiger partial charge in [0.2, 0.25) is 11.8 Å². The topological polar surface area (TPSA) is 87.8 Å². The molecule has 2 fully saturated rings. The monoisotopic (exact) mass is 387 g/mol. The number of piperidine rings is 1. The smallest absolute Gasteiger partial charge is 0.249 e. The minimum Gasteiger partial charge on any atom is -0.419 e. The molecule has 1 N–H and O–H groups in total. The number of rotatable bonds is 5. The molecule has 4 heterocycles. The van der Waals surface area contributed by atoms with Crippen molar-refractivity contribution in [3.8, 4) is 11.5 Å². The van der Waals surface area contributed by atoms with Crippen LogP contribution < -0.4 is 0 Å². The van der Waals surface area contributed by atoms with Gasteiger partial charge in [0.1, 0.15) is 0 Å². The Morgan fingerprint density at radius 3 is 2.68 bits per heavy atom. The lowest BCUT2D eigenvalue weighted by Gasteiger charge is -2.52. The summed E-state index contributed by atoms with van der Waals surface area (Å²) in [6.45, 7) is 10.4. The average molecular weight is 387 g/mol. The predicted molar refractivity (Wildman–Crippen MR) is 103 cm³/mol. The zero-order chi connectivity index (χ0) is 19.6. The fourth-order valence-electron chi connectivity index (χ4n) is 4.14. The van der Waals surface area contributed by atoms with Gasteiger partial charge in [-0.1, -0.05) is 13.8 Å². The van der Waals surface area contributed by atoms with Gasteiger partial charge in [-0.05, 0) is 18.6 Å². The molecular formula is C20H29N5O3. The van der Waals surface area contributed by atoms with Crippen LogP contribution in [0.5, 0.6) is 0 Å². The van der Waals surface area contributed by atoms with Crippen molar-refractivity contribution in [1.29, 1.82) is 0 Å². The third kappa shape index (κ3) is 4.10. The number of β-amino-alcohol motifs (C(OH)–C–C–N with tert-alkyl or cyclic N) is 1. The van der Waals surface area contributed by atoms with Gasteiger partial charge in [-0.3, -0.25) is 14.8 Å². The Morgan fingerprint density at radius 1 is 1.14 bits per heavy atom. The van der Waals surface area contributed by atoms with Crippen LogP contribution in [0.4, 0.5) is 0 Å². The third-order valence-corrected chi connectivity index (χ3v) is 6.04. The zero-order valence-corrected chi connectivity index (χ0v) is 16.7. The summed E-state index contributed by atoms with van der Waals surface area (Å²) in [4.78, 5) is 8.70. The number of aromatic nitrogens is 3. The summed E-state index contributed by atoms with van der Waals surface area (Å²) in [6.07, 6.45) is 4.16. The summed E-state index contributed by atoms with van der Waals surface area (Å²) in [6, 6.07) is 3.75. The van der Waals surface area contributed by atoms with Gasteiger partial charge < -0.3 is 14.3 Å². The number of likely N-dealkylation sites (tertiary alicyclic amines) is 1. The number of hydrogen-bond donors (Lipinski definition) is 1. The lowest BCUT2D eigenvalue weighted by Crippen LogP contribution is -2.62. The van der Waals surface area contributed by atoms with Gasteiger partial charge in [0, 0.05) is 50.5 Å². The first kappa shape index (κ1) is 19.4. The van der Waals surface area contributed by atoms with E-state index in [0.717, 1.165) is 51.4 Å². The summed E-state index contributed by atoms with van der Waals surface area (Å²) in [5, 5.41) is 19.8.